The van der Waals surface area contributed by atoms with Crippen molar-refractivity contribution >= 4 is 0 Å². The normalized spacial score (nSPS) is 23.6. The Bertz CT molecular complexity index is 163. The summed E-state index contributed by atoms with van der Waals surface area (Å²) in [5, 5.41) is 0. The summed E-state index contributed by atoms with van der Waals surface area (Å²) < 4.78 is 0. The fourth-order valence-electron chi connectivity index (χ4n) is 2.72. The molecule has 0 aromatic carbocycles. The minimum atomic E-state index is 0.788. The molecule has 1 aliphatic carbocycles. The van der Waals surface area contributed by atoms with Crippen LogP contribution in [0, 0.1) is 17.8 Å². The Balaban J connectivity index is 2.49. The topological polar surface area (TPSA) is 3.24 Å². The Kier molecular flexibility index (Phi) is 4.43. The highest BCUT2D eigenvalue weighted by atomic mass is 15.1. The molecule has 0 aromatic rings. The van der Waals surface area contributed by atoms with E-state index < -0.39 is 0 Å². The van der Waals surface area contributed by atoms with Crippen molar-refractivity contribution in [3.05, 3.63) is 0 Å². The first-order valence-electron chi connectivity index (χ1n) is 6.32. The Morgan fingerprint density at radius 2 is 1.79 bits per heavy atom. The summed E-state index contributed by atoms with van der Waals surface area (Å²) in [6, 6.07) is 0.788. The molecule has 84 valence electrons. The van der Waals surface area contributed by atoms with Crippen LogP contribution in [0.5, 0.6) is 0 Å². The lowest BCUT2D eigenvalue weighted by Gasteiger charge is -2.35. The second-order valence-corrected chi connectivity index (χ2v) is 5.10. The van der Waals surface area contributed by atoms with E-state index in [1.165, 1.54) is 25.8 Å². The van der Waals surface area contributed by atoms with E-state index in [0.29, 0.717) is 0 Å². The summed E-state index contributed by atoms with van der Waals surface area (Å²) in [6.07, 6.45) is 4.26. The van der Waals surface area contributed by atoms with Crippen LogP contribution >= 0.6 is 0 Å². The molecule has 1 fully saturated rings. The predicted octanol–water partition coefficient (Wildman–Crippen LogP) is 3.40. The molecule has 1 rings (SSSR count). The summed E-state index contributed by atoms with van der Waals surface area (Å²) in [6.45, 7) is 10.7. The highest BCUT2D eigenvalue weighted by Crippen LogP contribution is 2.41. The van der Waals surface area contributed by atoms with Crippen LogP contribution in [0.4, 0.5) is 0 Å². The third-order valence-electron chi connectivity index (χ3n) is 4.29. The smallest absolute Gasteiger partial charge is 0.0118 e. The molecule has 0 N–H and O–H groups in total. The number of hydrogen-bond acceptors (Lipinski definition) is 1. The molecule has 1 nitrogen and oxygen atoms in total. The van der Waals surface area contributed by atoms with Gasteiger partial charge in [-0.3, -0.25) is 0 Å². The van der Waals surface area contributed by atoms with Crippen molar-refractivity contribution in [2.45, 2.75) is 53.0 Å². The maximum atomic E-state index is 2.52. The molecule has 3 unspecified atom stereocenters. The van der Waals surface area contributed by atoms with E-state index in [1.807, 2.05) is 0 Å². The molecule has 0 amide bonds. The second kappa shape index (κ2) is 5.16. The van der Waals surface area contributed by atoms with Crippen LogP contribution in [0.25, 0.3) is 0 Å². The Morgan fingerprint density at radius 1 is 1.21 bits per heavy atom. The first-order valence-corrected chi connectivity index (χ1v) is 6.32. The van der Waals surface area contributed by atoms with Crippen molar-refractivity contribution in [1.29, 1.82) is 0 Å². The lowest BCUT2D eigenvalue weighted by molar-refractivity contribution is 0.140. The average Bonchev–Trinajstić information content (AvgIpc) is 3.00. The van der Waals surface area contributed by atoms with Gasteiger partial charge in [-0.05, 0) is 50.6 Å². The maximum absolute atomic E-state index is 2.52. The quantitative estimate of drug-likeness (QED) is 0.631. The fraction of sp³-hybridized carbons (Fsp3) is 1.00. The Hall–Kier alpha value is -0.0400. The highest BCUT2D eigenvalue weighted by molar-refractivity contribution is 4.86. The minimum Gasteiger partial charge on any atom is -0.303 e. The molecule has 0 saturated heterocycles. The average molecular weight is 197 g/mol. The van der Waals surface area contributed by atoms with Gasteiger partial charge < -0.3 is 4.90 Å². The van der Waals surface area contributed by atoms with Crippen LogP contribution < -0.4 is 0 Å². The van der Waals surface area contributed by atoms with Gasteiger partial charge in [-0.25, -0.2) is 0 Å². The summed E-state index contributed by atoms with van der Waals surface area (Å²) in [7, 11) is 2.27. The van der Waals surface area contributed by atoms with Crippen LogP contribution in [0.2, 0.25) is 0 Å². The van der Waals surface area contributed by atoms with Gasteiger partial charge in [0, 0.05) is 6.04 Å². The number of rotatable bonds is 6. The summed E-state index contributed by atoms with van der Waals surface area (Å²) in [4.78, 5) is 2.52. The molecule has 0 spiro atoms. The summed E-state index contributed by atoms with van der Waals surface area (Å²) >= 11 is 0. The molecule has 0 aromatic heterocycles. The first-order chi connectivity index (χ1) is 6.61. The zero-order valence-corrected chi connectivity index (χ0v) is 10.6. The van der Waals surface area contributed by atoms with Gasteiger partial charge in [0.15, 0.2) is 0 Å². The van der Waals surface area contributed by atoms with Crippen molar-refractivity contribution in [1.82, 2.24) is 4.90 Å². The zero-order chi connectivity index (χ0) is 10.7. The largest absolute Gasteiger partial charge is 0.303 e. The molecule has 3 atom stereocenters. The van der Waals surface area contributed by atoms with Gasteiger partial charge in [0.1, 0.15) is 0 Å². The molecule has 1 aliphatic rings. The predicted molar refractivity (Wildman–Crippen MR) is 63.4 cm³/mol. The van der Waals surface area contributed by atoms with Crippen molar-refractivity contribution in [2.24, 2.45) is 17.8 Å². The van der Waals surface area contributed by atoms with E-state index in [-0.39, 0.29) is 0 Å². The maximum Gasteiger partial charge on any atom is 0.0118 e. The van der Waals surface area contributed by atoms with E-state index in [4.69, 9.17) is 0 Å². The van der Waals surface area contributed by atoms with E-state index >= 15 is 0 Å². The van der Waals surface area contributed by atoms with Crippen molar-refractivity contribution in [2.75, 3.05) is 13.6 Å². The molecule has 14 heavy (non-hydrogen) atoms. The van der Waals surface area contributed by atoms with Gasteiger partial charge in [-0.2, -0.15) is 0 Å². The molecule has 0 aliphatic heterocycles. The van der Waals surface area contributed by atoms with Crippen LogP contribution in [0.15, 0.2) is 0 Å². The van der Waals surface area contributed by atoms with E-state index in [1.54, 1.807) is 0 Å². The first kappa shape index (κ1) is 12.0. The summed E-state index contributed by atoms with van der Waals surface area (Å²) in [5.41, 5.74) is 0. The Morgan fingerprint density at radius 3 is 2.14 bits per heavy atom. The van der Waals surface area contributed by atoms with Gasteiger partial charge in [0.2, 0.25) is 0 Å². The molecule has 0 bridgehead atoms. The number of hydrogen-bond donors (Lipinski definition) is 0. The minimum absolute atomic E-state index is 0.788. The van der Waals surface area contributed by atoms with Crippen LogP contribution in [-0.4, -0.2) is 24.5 Å². The highest BCUT2D eigenvalue weighted by Gasteiger charge is 2.34. The summed E-state index contributed by atoms with van der Waals surface area (Å²) in [5.74, 6) is 2.83. The Labute approximate surface area is 89.9 Å². The van der Waals surface area contributed by atoms with Gasteiger partial charge >= 0.3 is 0 Å². The van der Waals surface area contributed by atoms with E-state index in [0.717, 1.165) is 23.8 Å². The fourth-order valence-corrected chi connectivity index (χ4v) is 2.72. The molecule has 1 heteroatoms. The molecular weight excluding hydrogens is 170 g/mol. The third kappa shape index (κ3) is 2.73. The van der Waals surface area contributed by atoms with Crippen molar-refractivity contribution in [3.63, 3.8) is 0 Å². The SMILES string of the molecule is CCC(C(C)C(C)C1CC1)N(C)CC. The zero-order valence-electron chi connectivity index (χ0n) is 10.6. The third-order valence-corrected chi connectivity index (χ3v) is 4.29. The lowest BCUT2D eigenvalue weighted by Crippen LogP contribution is -2.39. The molecule has 0 heterocycles. The van der Waals surface area contributed by atoms with Gasteiger partial charge in [0.25, 0.3) is 0 Å². The second-order valence-electron chi connectivity index (χ2n) is 5.10. The van der Waals surface area contributed by atoms with Gasteiger partial charge in [0.05, 0.1) is 0 Å². The molecule has 1 saturated carbocycles. The lowest BCUT2D eigenvalue weighted by atomic mass is 9.84. The van der Waals surface area contributed by atoms with E-state index in [2.05, 4.69) is 39.6 Å². The van der Waals surface area contributed by atoms with E-state index in [9.17, 15) is 0 Å². The molecule has 0 radical (unpaired) electrons. The van der Waals surface area contributed by atoms with Crippen molar-refractivity contribution in [3.8, 4) is 0 Å². The van der Waals surface area contributed by atoms with Crippen LogP contribution in [-0.2, 0) is 0 Å². The van der Waals surface area contributed by atoms with Crippen LogP contribution in [0.1, 0.15) is 47.0 Å². The van der Waals surface area contributed by atoms with Gasteiger partial charge in [-0.1, -0.05) is 27.7 Å². The monoisotopic (exact) mass is 197 g/mol. The number of nitrogens with zero attached hydrogens (tertiary/aromatic N) is 1. The standard InChI is InChI=1S/C13H27N/c1-6-13(14(5)7-2)11(4)10(3)12-8-9-12/h10-13H,6-9H2,1-5H3. The van der Waals surface area contributed by atoms with Gasteiger partial charge in [-0.15, -0.1) is 0 Å². The molecular formula is C13H27N. The van der Waals surface area contributed by atoms with Crippen LogP contribution in [0.3, 0.4) is 0 Å². The van der Waals surface area contributed by atoms with Crippen molar-refractivity contribution < 1.29 is 0 Å².